The number of nitrogens with zero attached hydrogens (tertiary/aromatic N) is 3. The molecule has 0 radical (unpaired) electrons. The first kappa shape index (κ1) is 33.0. The van der Waals surface area contributed by atoms with Crippen molar-refractivity contribution in [3.05, 3.63) is 33.1 Å². The molecule has 41 heavy (non-hydrogen) atoms. The summed E-state index contributed by atoms with van der Waals surface area (Å²) in [6, 6.07) is -0.775. The number of aliphatic hydroxyl groups excluding tert-OH is 4. The second-order valence-corrected chi connectivity index (χ2v) is 11.7. The molecule has 0 aliphatic carbocycles. The minimum absolute atomic E-state index is 0.533. The number of carbonyl (C=O) groups is 1. The van der Waals surface area contributed by atoms with Gasteiger partial charge in [-0.3, -0.25) is 28.2 Å². The van der Waals surface area contributed by atoms with Gasteiger partial charge in [0.15, 0.2) is 19.1 Å². The number of aromatic amines is 1. The number of ether oxygens (including phenoxy) is 2. The van der Waals surface area contributed by atoms with Crippen LogP contribution in [0, 0.1) is 5.53 Å². The van der Waals surface area contributed by atoms with Crippen LogP contribution in [-0.4, -0.2) is 108 Å². The van der Waals surface area contributed by atoms with Gasteiger partial charge in [0.2, 0.25) is 10.8 Å². The Kier molecular flexibility index (Phi) is 10.6. The Morgan fingerprint density at radius 2 is 1.78 bits per heavy atom. The van der Waals surface area contributed by atoms with Gasteiger partial charge in [0.25, 0.3) is 5.56 Å². The molecule has 11 atom stereocenters. The third-order valence-electron chi connectivity index (χ3n) is 5.71. The summed E-state index contributed by atoms with van der Waals surface area (Å²) >= 11 is 0. The Morgan fingerprint density at radius 1 is 1.12 bits per heavy atom. The Balaban J connectivity index is 1.68. The monoisotopic (exact) mass is 633 g/mol. The predicted octanol–water partition coefficient (Wildman–Crippen LogP) is -4.09. The second-order valence-electron chi connectivity index (χ2n) is 8.66. The summed E-state index contributed by atoms with van der Waals surface area (Å²) in [5, 5.41) is 46.4. The standard InChI is InChI=1S/C17H26N6O16P2/c1-6(24)20-10-13(28)11(26)7(4-19-22-18)37-16(10)38-41(33,34)39-40(31,32)35-5-8-12(27)14(29)15(36-8)23-3-2-9(25)21-17(23)30/h2-3,7-8,10-16,18,26-29H,4-5H2,1H3,(H3-,20,21,24,25,30,31,32,33,34)/p+1/t7-,8-,10-,11-,12-,13-,14-,15-,16-/m1/s1. The normalized spacial score (nSPS) is 34.7. The largest absolute Gasteiger partial charge is 0.483 e. The number of rotatable bonds is 11. The Bertz CT molecular complexity index is 1370. The summed E-state index contributed by atoms with van der Waals surface area (Å²) in [6.07, 6.45) is -13.0. The number of nitrogens with one attached hydrogen (secondary N) is 3. The number of amides is 1. The van der Waals surface area contributed by atoms with Crippen LogP contribution in [0.5, 0.6) is 0 Å². The van der Waals surface area contributed by atoms with Gasteiger partial charge in [-0.2, -0.15) is 4.31 Å². The van der Waals surface area contributed by atoms with Crippen molar-refractivity contribution in [2.75, 3.05) is 13.2 Å². The van der Waals surface area contributed by atoms with Gasteiger partial charge in [-0.15, -0.1) is 0 Å². The van der Waals surface area contributed by atoms with E-state index in [0.29, 0.717) is 0 Å². The minimum atomic E-state index is -5.65. The number of hydrogen-bond acceptors (Lipinski definition) is 16. The Labute approximate surface area is 227 Å². The summed E-state index contributed by atoms with van der Waals surface area (Å²) < 4.78 is 49.7. The maximum absolute atomic E-state index is 12.6. The van der Waals surface area contributed by atoms with Crippen molar-refractivity contribution >= 4 is 21.6 Å². The van der Waals surface area contributed by atoms with Crippen molar-refractivity contribution in [3.63, 3.8) is 0 Å². The fourth-order valence-electron chi connectivity index (χ4n) is 3.88. The van der Waals surface area contributed by atoms with E-state index < -0.39 is 101 Å². The van der Waals surface area contributed by atoms with Crippen LogP contribution >= 0.6 is 15.6 Å². The molecule has 1 aromatic heterocycles. The van der Waals surface area contributed by atoms with E-state index in [-0.39, 0.29) is 0 Å². The van der Waals surface area contributed by atoms with Crippen LogP contribution < -0.4 is 21.5 Å². The molecular formula is C17H27N6O16P2+. The van der Waals surface area contributed by atoms with Crippen molar-refractivity contribution in [2.24, 2.45) is 5.11 Å². The molecule has 24 heteroatoms. The highest BCUT2D eigenvalue weighted by Crippen LogP contribution is 2.61. The summed E-state index contributed by atoms with van der Waals surface area (Å²) in [5.74, 6) is -0.799. The number of phosphoric acid groups is 2. The lowest BCUT2D eigenvalue weighted by molar-refractivity contribution is -0.238. The number of phosphoric ester groups is 2. The van der Waals surface area contributed by atoms with Crippen molar-refractivity contribution in [2.45, 2.75) is 62.1 Å². The highest BCUT2D eigenvalue weighted by atomic mass is 31.3. The van der Waals surface area contributed by atoms with Gasteiger partial charge < -0.3 is 45.0 Å². The van der Waals surface area contributed by atoms with Crippen LogP contribution in [-0.2, 0) is 36.8 Å². The number of carbonyl (C=O) groups excluding carboxylic acids is 1. The molecule has 2 aliphatic heterocycles. The van der Waals surface area contributed by atoms with E-state index in [1.165, 1.54) is 0 Å². The first-order chi connectivity index (χ1) is 19.0. The topological polar surface area (TPSA) is 336 Å². The van der Waals surface area contributed by atoms with E-state index in [9.17, 15) is 53.7 Å². The molecule has 3 rings (SSSR count). The molecule has 9 N–H and O–H groups in total. The van der Waals surface area contributed by atoms with Crippen LogP contribution in [0.2, 0.25) is 0 Å². The third-order valence-corrected chi connectivity index (χ3v) is 8.31. The average molecular weight is 633 g/mol. The third kappa shape index (κ3) is 8.28. The molecule has 3 heterocycles. The molecule has 2 fully saturated rings. The van der Waals surface area contributed by atoms with E-state index in [0.717, 1.165) is 23.8 Å². The molecule has 1 amide bonds. The highest BCUT2D eigenvalue weighted by molar-refractivity contribution is 7.61. The van der Waals surface area contributed by atoms with Gasteiger partial charge in [0, 0.05) is 19.2 Å². The molecule has 0 spiro atoms. The minimum Gasteiger partial charge on any atom is -0.388 e. The van der Waals surface area contributed by atoms with Crippen LogP contribution in [0.25, 0.3) is 0 Å². The smallest absolute Gasteiger partial charge is 0.388 e. The first-order valence-corrected chi connectivity index (χ1v) is 14.4. The van der Waals surface area contributed by atoms with Crippen LogP contribution in [0.1, 0.15) is 13.2 Å². The Hall–Kier alpha value is -2.52. The zero-order valence-corrected chi connectivity index (χ0v) is 22.6. The molecule has 2 unspecified atom stereocenters. The maximum Gasteiger partial charge on any atom is 0.483 e. The summed E-state index contributed by atoms with van der Waals surface area (Å²) in [7, 11) is -11.2. The lowest BCUT2D eigenvalue weighted by atomic mass is 9.97. The van der Waals surface area contributed by atoms with Crippen LogP contribution in [0.3, 0.4) is 0 Å². The Morgan fingerprint density at radius 3 is 2.39 bits per heavy atom. The number of aliphatic hydroxyl groups is 4. The van der Waals surface area contributed by atoms with E-state index in [4.69, 9.17) is 19.5 Å². The average Bonchev–Trinajstić information content (AvgIpc) is 3.14. The molecular weight excluding hydrogens is 606 g/mol. The second kappa shape index (κ2) is 13.2. The van der Waals surface area contributed by atoms with E-state index >= 15 is 0 Å². The molecule has 22 nitrogen and oxygen atoms in total. The SMILES string of the molecule is CC(=O)N[C@H]1[C@@H](OP(=O)(O)OP(=O)(O)OC[C@H]2O[C@@H](n3ccc(=O)[nH]c3=O)[C@H](O)[C@@H]2O)O[C@H](CN=[N+]=N)[C@@H](O)[C@@H]1O. The highest BCUT2D eigenvalue weighted by Gasteiger charge is 2.50. The first-order valence-electron chi connectivity index (χ1n) is 11.4. The predicted molar refractivity (Wildman–Crippen MR) is 125 cm³/mol. The lowest BCUT2D eigenvalue weighted by Gasteiger charge is -2.41. The lowest BCUT2D eigenvalue weighted by Crippen LogP contribution is -2.64. The zero-order chi connectivity index (χ0) is 30.7. The van der Waals surface area contributed by atoms with Gasteiger partial charge >= 0.3 is 21.3 Å². The quantitative estimate of drug-likeness (QED) is 0.0635. The van der Waals surface area contributed by atoms with Gasteiger partial charge in [0.1, 0.15) is 53.3 Å². The maximum atomic E-state index is 12.6. The summed E-state index contributed by atoms with van der Waals surface area (Å²) in [4.78, 5) is 59.4. The fraction of sp³-hybridized carbons (Fsp3) is 0.706. The van der Waals surface area contributed by atoms with Crippen molar-refractivity contribution in [1.82, 2.24) is 19.8 Å². The van der Waals surface area contributed by atoms with Crippen LogP contribution in [0.4, 0.5) is 0 Å². The van der Waals surface area contributed by atoms with Crippen molar-refractivity contribution in [3.8, 4) is 0 Å². The summed E-state index contributed by atoms with van der Waals surface area (Å²) in [5.41, 5.74) is 4.93. The van der Waals surface area contributed by atoms with E-state index in [2.05, 4.69) is 24.2 Å². The van der Waals surface area contributed by atoms with Crippen molar-refractivity contribution < 1.29 is 67.0 Å². The van der Waals surface area contributed by atoms with Gasteiger partial charge in [0.05, 0.1) is 6.61 Å². The van der Waals surface area contributed by atoms with Gasteiger partial charge in [-0.25, -0.2) is 13.9 Å². The molecule has 0 saturated carbocycles. The van der Waals surface area contributed by atoms with Gasteiger partial charge in [-0.1, -0.05) is 0 Å². The molecule has 0 aromatic carbocycles. The number of aromatic nitrogens is 2. The molecule has 2 saturated heterocycles. The number of H-pyrrole nitrogens is 1. The molecule has 1 aromatic rings. The molecule has 230 valence electrons. The van der Waals surface area contributed by atoms with Gasteiger partial charge in [-0.05, 0) is 0 Å². The fourth-order valence-corrected chi connectivity index (χ4v) is 6.04. The number of hydrogen-bond donors (Lipinski definition) is 9. The van der Waals surface area contributed by atoms with E-state index in [1.807, 2.05) is 4.98 Å². The van der Waals surface area contributed by atoms with Crippen molar-refractivity contribution in [1.29, 1.82) is 5.53 Å². The van der Waals surface area contributed by atoms with E-state index in [1.54, 1.807) is 0 Å². The van der Waals surface area contributed by atoms with Crippen LogP contribution in [0.15, 0.2) is 27.0 Å². The summed E-state index contributed by atoms with van der Waals surface area (Å²) in [6.45, 7) is -0.579. The molecule has 2 aliphatic rings. The molecule has 0 bridgehead atoms. The zero-order valence-electron chi connectivity index (χ0n) is 20.8.